The first-order valence-electron chi connectivity index (χ1n) is 10.5. The van der Waals surface area contributed by atoms with Gasteiger partial charge in [0.25, 0.3) is 11.1 Å². The average molecular weight is 464 g/mol. The van der Waals surface area contributed by atoms with Crippen LogP contribution in [-0.2, 0) is 14.4 Å². The van der Waals surface area contributed by atoms with Crippen molar-refractivity contribution in [1.29, 1.82) is 0 Å². The highest BCUT2D eigenvalue weighted by atomic mass is 35.5. The number of rotatable bonds is 8. The van der Waals surface area contributed by atoms with Crippen molar-refractivity contribution < 1.29 is 19.2 Å². The average Bonchev–Trinajstić information content (AvgIpc) is 3.02. The molecule has 0 bridgehead atoms. The maximum absolute atomic E-state index is 12.5. The van der Waals surface area contributed by atoms with Gasteiger partial charge in [-0.3, -0.25) is 24.1 Å². The van der Waals surface area contributed by atoms with E-state index in [0.29, 0.717) is 22.3 Å². The molecular weight excluding hydrogens is 438 g/mol. The Morgan fingerprint density at radius 1 is 1.06 bits per heavy atom. The van der Waals surface area contributed by atoms with E-state index in [1.807, 2.05) is 0 Å². The number of amides is 4. The van der Waals surface area contributed by atoms with Crippen LogP contribution in [0.4, 0.5) is 4.79 Å². The zero-order chi connectivity index (χ0) is 22.2. The van der Waals surface area contributed by atoms with E-state index < -0.39 is 0 Å². The predicted molar refractivity (Wildman–Crippen MR) is 121 cm³/mol. The Labute approximate surface area is 191 Å². The molecule has 1 aliphatic heterocycles. The van der Waals surface area contributed by atoms with Crippen molar-refractivity contribution in [3.8, 4) is 0 Å². The topological polar surface area (TPSA) is 95.6 Å². The smallest absolute Gasteiger partial charge is 0.293 e. The van der Waals surface area contributed by atoms with Gasteiger partial charge in [0.2, 0.25) is 11.8 Å². The van der Waals surface area contributed by atoms with Gasteiger partial charge in [0.05, 0.1) is 11.4 Å². The van der Waals surface area contributed by atoms with Gasteiger partial charge in [-0.25, -0.2) is 0 Å². The maximum atomic E-state index is 12.5. The Balaban J connectivity index is 1.38. The molecule has 2 N–H and O–H groups in total. The minimum absolute atomic E-state index is 0.0738. The quantitative estimate of drug-likeness (QED) is 0.574. The fourth-order valence-electron chi connectivity index (χ4n) is 3.68. The predicted octanol–water partition coefficient (Wildman–Crippen LogP) is 3.58. The van der Waals surface area contributed by atoms with Crippen molar-refractivity contribution in [2.45, 2.75) is 38.5 Å². The minimum atomic E-state index is -0.389. The van der Waals surface area contributed by atoms with E-state index in [1.54, 1.807) is 30.3 Å². The number of hydrogen-bond acceptors (Lipinski definition) is 5. The fourth-order valence-corrected chi connectivity index (χ4v) is 4.67. The summed E-state index contributed by atoms with van der Waals surface area (Å²) in [6, 6.07) is 6.94. The summed E-state index contributed by atoms with van der Waals surface area (Å²) in [6.45, 7) is 0.0951. The van der Waals surface area contributed by atoms with Gasteiger partial charge in [0.15, 0.2) is 0 Å². The highest BCUT2D eigenvalue weighted by molar-refractivity contribution is 8.18. The third-order valence-electron chi connectivity index (χ3n) is 5.34. The van der Waals surface area contributed by atoms with Gasteiger partial charge < -0.3 is 10.6 Å². The normalized spacial score (nSPS) is 18.5. The summed E-state index contributed by atoms with van der Waals surface area (Å²) < 4.78 is 0. The molecule has 1 aromatic rings. The molecule has 7 nitrogen and oxygen atoms in total. The van der Waals surface area contributed by atoms with Crippen molar-refractivity contribution >= 4 is 52.4 Å². The molecule has 0 aromatic heterocycles. The molecule has 166 valence electrons. The molecule has 2 fully saturated rings. The molecule has 0 unspecified atom stereocenters. The first-order chi connectivity index (χ1) is 14.9. The molecule has 0 radical (unpaired) electrons. The monoisotopic (exact) mass is 463 g/mol. The van der Waals surface area contributed by atoms with Gasteiger partial charge in [-0.05, 0) is 54.3 Å². The van der Waals surface area contributed by atoms with Gasteiger partial charge in [-0.1, -0.05) is 43.0 Å². The summed E-state index contributed by atoms with van der Waals surface area (Å²) in [5.41, 5.74) is 0.771. The molecular formula is C22H26ClN3O4S. The van der Waals surface area contributed by atoms with Crippen LogP contribution in [0.15, 0.2) is 29.2 Å². The molecule has 2 aliphatic rings. The lowest BCUT2D eigenvalue weighted by atomic mass is 9.87. The van der Waals surface area contributed by atoms with E-state index in [-0.39, 0.29) is 42.6 Å². The SMILES string of the molecule is O=C(CNC(=O)CC1CCCCC1)NCCN1C(=O)S/C(=C\c2ccc(Cl)cc2)C1=O. The minimum Gasteiger partial charge on any atom is -0.353 e. The Bertz CT molecular complexity index is 866. The standard InChI is InChI=1S/C22H26ClN3O4S/c23-17-8-6-16(7-9-17)12-18-21(29)26(22(30)31-18)11-10-24-20(28)14-25-19(27)13-15-4-2-1-3-5-15/h6-9,12,15H,1-5,10-11,13-14H2,(H,24,28)(H,25,27)/b18-12-. The summed E-state index contributed by atoms with van der Waals surface area (Å²) in [6.07, 6.45) is 7.82. The summed E-state index contributed by atoms with van der Waals surface area (Å²) in [5.74, 6) is -0.433. The molecule has 1 aliphatic carbocycles. The first kappa shape index (κ1) is 23.3. The van der Waals surface area contributed by atoms with Crippen LogP contribution < -0.4 is 10.6 Å². The Morgan fingerprint density at radius 3 is 2.48 bits per heavy atom. The molecule has 4 amide bonds. The molecule has 9 heteroatoms. The zero-order valence-corrected chi connectivity index (χ0v) is 18.8. The molecule has 1 saturated carbocycles. The second-order valence-electron chi connectivity index (χ2n) is 7.72. The Morgan fingerprint density at radius 2 is 1.77 bits per heavy atom. The molecule has 0 atom stereocenters. The molecule has 31 heavy (non-hydrogen) atoms. The number of nitrogens with one attached hydrogen (secondary N) is 2. The number of halogens is 1. The highest BCUT2D eigenvalue weighted by Crippen LogP contribution is 2.32. The first-order valence-corrected chi connectivity index (χ1v) is 11.7. The van der Waals surface area contributed by atoms with Crippen LogP contribution in [0.3, 0.4) is 0 Å². The number of hydrogen-bond donors (Lipinski definition) is 2. The van der Waals surface area contributed by atoms with Crippen LogP contribution in [0.25, 0.3) is 6.08 Å². The summed E-state index contributed by atoms with van der Waals surface area (Å²) in [5, 5.41) is 5.49. The Hall–Kier alpha value is -2.32. The van der Waals surface area contributed by atoms with Gasteiger partial charge in [0.1, 0.15) is 0 Å². The van der Waals surface area contributed by atoms with Crippen LogP contribution in [-0.4, -0.2) is 47.5 Å². The largest absolute Gasteiger partial charge is 0.353 e. The number of imide groups is 1. The van der Waals surface area contributed by atoms with Crippen LogP contribution in [0.2, 0.25) is 5.02 Å². The van der Waals surface area contributed by atoms with E-state index in [2.05, 4.69) is 10.6 Å². The highest BCUT2D eigenvalue weighted by Gasteiger charge is 2.34. The van der Waals surface area contributed by atoms with E-state index in [1.165, 1.54) is 19.3 Å². The Kier molecular flexibility index (Phi) is 8.54. The third kappa shape index (κ3) is 7.11. The number of carbonyl (C=O) groups is 4. The second kappa shape index (κ2) is 11.3. The maximum Gasteiger partial charge on any atom is 0.293 e. The van der Waals surface area contributed by atoms with E-state index in [4.69, 9.17) is 11.6 Å². The molecule has 1 aromatic carbocycles. The molecule has 3 rings (SSSR count). The number of thioether (sulfide) groups is 1. The van der Waals surface area contributed by atoms with Crippen LogP contribution >= 0.6 is 23.4 Å². The lowest BCUT2D eigenvalue weighted by Gasteiger charge is -2.20. The van der Waals surface area contributed by atoms with Crippen molar-refractivity contribution in [1.82, 2.24) is 15.5 Å². The number of carbonyl (C=O) groups excluding carboxylic acids is 4. The van der Waals surface area contributed by atoms with E-state index in [0.717, 1.165) is 35.1 Å². The third-order valence-corrected chi connectivity index (χ3v) is 6.50. The van der Waals surface area contributed by atoms with Gasteiger partial charge in [0, 0.05) is 24.5 Å². The van der Waals surface area contributed by atoms with Crippen molar-refractivity contribution in [3.05, 3.63) is 39.8 Å². The van der Waals surface area contributed by atoms with Gasteiger partial charge in [-0.2, -0.15) is 0 Å². The lowest BCUT2D eigenvalue weighted by Crippen LogP contribution is -2.41. The van der Waals surface area contributed by atoms with Crippen LogP contribution in [0, 0.1) is 5.92 Å². The fraction of sp³-hybridized carbons (Fsp3) is 0.455. The summed E-state index contributed by atoms with van der Waals surface area (Å²) in [7, 11) is 0. The van der Waals surface area contributed by atoms with Gasteiger partial charge in [-0.15, -0.1) is 0 Å². The summed E-state index contributed by atoms with van der Waals surface area (Å²) in [4.78, 5) is 50.0. The lowest BCUT2D eigenvalue weighted by molar-refractivity contribution is -0.127. The van der Waals surface area contributed by atoms with Gasteiger partial charge >= 0.3 is 0 Å². The molecule has 0 spiro atoms. The molecule has 1 saturated heterocycles. The number of nitrogens with zero attached hydrogens (tertiary/aromatic N) is 1. The zero-order valence-electron chi connectivity index (χ0n) is 17.2. The number of benzene rings is 1. The van der Waals surface area contributed by atoms with Crippen LogP contribution in [0.5, 0.6) is 0 Å². The van der Waals surface area contributed by atoms with E-state index in [9.17, 15) is 19.2 Å². The molecule has 1 heterocycles. The van der Waals surface area contributed by atoms with Crippen molar-refractivity contribution in [2.75, 3.05) is 19.6 Å². The van der Waals surface area contributed by atoms with Crippen molar-refractivity contribution in [3.63, 3.8) is 0 Å². The van der Waals surface area contributed by atoms with Crippen molar-refractivity contribution in [2.24, 2.45) is 5.92 Å². The second-order valence-corrected chi connectivity index (χ2v) is 9.15. The summed E-state index contributed by atoms with van der Waals surface area (Å²) >= 11 is 6.72. The van der Waals surface area contributed by atoms with Crippen LogP contribution in [0.1, 0.15) is 44.1 Å². The van der Waals surface area contributed by atoms with E-state index >= 15 is 0 Å².